The van der Waals surface area contributed by atoms with Gasteiger partial charge in [-0.15, -0.1) is 0 Å². The van der Waals surface area contributed by atoms with Gasteiger partial charge in [-0.05, 0) is 37.1 Å². The number of nitrogens with zero attached hydrogens (tertiary/aromatic N) is 1. The molecule has 1 aliphatic rings. The highest BCUT2D eigenvalue weighted by Gasteiger charge is 2.24. The van der Waals surface area contributed by atoms with Gasteiger partial charge < -0.3 is 5.32 Å². The van der Waals surface area contributed by atoms with E-state index < -0.39 is 0 Å². The minimum Gasteiger partial charge on any atom is -0.313 e. The molecule has 1 aromatic carbocycles. The molecule has 19 heavy (non-hydrogen) atoms. The summed E-state index contributed by atoms with van der Waals surface area (Å²) < 4.78 is 13.4. The second-order valence-electron chi connectivity index (χ2n) is 5.58. The van der Waals surface area contributed by atoms with Crippen molar-refractivity contribution in [2.24, 2.45) is 0 Å². The van der Waals surface area contributed by atoms with E-state index in [4.69, 9.17) is 11.6 Å². The molecule has 0 saturated carbocycles. The van der Waals surface area contributed by atoms with Crippen LogP contribution in [0.2, 0.25) is 5.02 Å². The fourth-order valence-corrected chi connectivity index (χ4v) is 2.70. The van der Waals surface area contributed by atoms with Gasteiger partial charge >= 0.3 is 0 Å². The normalized spacial score (nSPS) is 20.4. The summed E-state index contributed by atoms with van der Waals surface area (Å²) >= 11 is 5.71. The molecule has 1 saturated heterocycles. The minimum absolute atomic E-state index is 0.197. The van der Waals surface area contributed by atoms with Crippen LogP contribution in [0, 0.1) is 5.82 Å². The summed E-state index contributed by atoms with van der Waals surface area (Å²) in [5, 5.41) is 3.68. The van der Waals surface area contributed by atoms with Gasteiger partial charge in [-0.3, -0.25) is 4.90 Å². The van der Waals surface area contributed by atoms with Gasteiger partial charge in [-0.25, -0.2) is 4.39 Å². The molecule has 106 valence electrons. The molecule has 1 fully saturated rings. The van der Waals surface area contributed by atoms with E-state index in [0.717, 1.165) is 25.2 Å². The van der Waals surface area contributed by atoms with E-state index in [9.17, 15) is 4.39 Å². The standard InChI is InChI=1S/C15H22ClFN2/c1-11(2)18-9-13-4-3-7-19(13)10-12-5-6-14(16)15(17)8-12/h5-6,8,11,13,18H,3-4,7,9-10H2,1-2H3. The van der Waals surface area contributed by atoms with Gasteiger partial charge in [0.15, 0.2) is 0 Å². The van der Waals surface area contributed by atoms with E-state index in [2.05, 4.69) is 24.1 Å². The van der Waals surface area contributed by atoms with Crippen LogP contribution >= 0.6 is 11.6 Å². The van der Waals surface area contributed by atoms with Crippen LogP contribution in [-0.2, 0) is 6.54 Å². The van der Waals surface area contributed by atoms with Crippen LogP contribution in [-0.4, -0.2) is 30.1 Å². The number of likely N-dealkylation sites (tertiary alicyclic amines) is 1. The Hall–Kier alpha value is -0.640. The van der Waals surface area contributed by atoms with E-state index in [1.807, 2.05) is 6.07 Å². The zero-order chi connectivity index (χ0) is 13.8. The van der Waals surface area contributed by atoms with E-state index >= 15 is 0 Å². The van der Waals surface area contributed by atoms with Crippen molar-refractivity contribution in [2.45, 2.75) is 45.3 Å². The lowest BCUT2D eigenvalue weighted by Gasteiger charge is -2.25. The molecule has 4 heteroatoms. The second-order valence-corrected chi connectivity index (χ2v) is 5.99. The van der Waals surface area contributed by atoms with Crippen LogP contribution in [0.3, 0.4) is 0 Å². The zero-order valence-electron chi connectivity index (χ0n) is 11.6. The Labute approximate surface area is 119 Å². The first kappa shape index (κ1) is 14.8. The predicted molar refractivity (Wildman–Crippen MR) is 78.0 cm³/mol. The average Bonchev–Trinajstić information content (AvgIpc) is 2.79. The Morgan fingerprint density at radius 1 is 1.47 bits per heavy atom. The van der Waals surface area contributed by atoms with E-state index in [1.165, 1.54) is 12.8 Å². The molecule has 0 aromatic heterocycles. The molecule has 0 amide bonds. The first-order chi connectivity index (χ1) is 9.06. The number of hydrogen-bond acceptors (Lipinski definition) is 2. The van der Waals surface area contributed by atoms with Crippen LogP contribution in [0.5, 0.6) is 0 Å². The van der Waals surface area contributed by atoms with Crippen molar-refractivity contribution in [1.29, 1.82) is 0 Å². The molecule has 1 unspecified atom stereocenters. The summed E-state index contributed by atoms with van der Waals surface area (Å²) in [6.45, 7) is 7.22. The van der Waals surface area contributed by atoms with Crippen molar-refractivity contribution < 1.29 is 4.39 Å². The fraction of sp³-hybridized carbons (Fsp3) is 0.600. The summed E-state index contributed by atoms with van der Waals surface area (Å²) in [4.78, 5) is 2.43. The second kappa shape index (κ2) is 6.69. The Morgan fingerprint density at radius 2 is 2.26 bits per heavy atom. The summed E-state index contributed by atoms with van der Waals surface area (Å²) in [6, 6.07) is 6.17. The SMILES string of the molecule is CC(C)NCC1CCCN1Cc1ccc(Cl)c(F)c1. The maximum Gasteiger partial charge on any atom is 0.142 e. The van der Waals surface area contributed by atoms with Crippen LogP contribution < -0.4 is 5.32 Å². The molecule has 1 heterocycles. The van der Waals surface area contributed by atoms with Crippen molar-refractivity contribution in [1.82, 2.24) is 10.2 Å². The molecular weight excluding hydrogens is 263 g/mol. The highest BCUT2D eigenvalue weighted by molar-refractivity contribution is 6.30. The van der Waals surface area contributed by atoms with Gasteiger partial charge in [0.1, 0.15) is 5.82 Å². The van der Waals surface area contributed by atoms with E-state index in [0.29, 0.717) is 12.1 Å². The lowest BCUT2D eigenvalue weighted by molar-refractivity contribution is 0.235. The topological polar surface area (TPSA) is 15.3 Å². The highest BCUT2D eigenvalue weighted by Crippen LogP contribution is 2.22. The third-order valence-electron chi connectivity index (χ3n) is 3.63. The molecule has 1 aliphatic heterocycles. The Kier molecular flexibility index (Phi) is 5.20. The summed E-state index contributed by atoms with van der Waals surface area (Å²) in [7, 11) is 0. The van der Waals surface area contributed by atoms with Gasteiger partial charge in [0.05, 0.1) is 5.02 Å². The molecule has 0 aliphatic carbocycles. The minimum atomic E-state index is -0.324. The van der Waals surface area contributed by atoms with Gasteiger partial charge in [-0.1, -0.05) is 31.5 Å². The van der Waals surface area contributed by atoms with Gasteiger partial charge in [0.25, 0.3) is 0 Å². The maximum atomic E-state index is 13.4. The van der Waals surface area contributed by atoms with Gasteiger partial charge in [-0.2, -0.15) is 0 Å². The molecule has 1 aromatic rings. The Balaban J connectivity index is 1.95. The maximum absolute atomic E-state index is 13.4. The monoisotopic (exact) mass is 284 g/mol. The van der Waals surface area contributed by atoms with Crippen LogP contribution in [0.4, 0.5) is 4.39 Å². The number of rotatable bonds is 5. The molecule has 2 rings (SSSR count). The summed E-state index contributed by atoms with van der Waals surface area (Å²) in [6.07, 6.45) is 2.44. The molecule has 1 N–H and O–H groups in total. The number of hydrogen-bond donors (Lipinski definition) is 1. The number of benzene rings is 1. The number of nitrogens with one attached hydrogen (secondary N) is 1. The van der Waals surface area contributed by atoms with Crippen molar-refractivity contribution >= 4 is 11.6 Å². The fourth-order valence-electron chi connectivity index (χ4n) is 2.58. The first-order valence-electron chi connectivity index (χ1n) is 6.97. The van der Waals surface area contributed by atoms with Gasteiger partial charge in [0.2, 0.25) is 0 Å². The lowest BCUT2D eigenvalue weighted by Crippen LogP contribution is -2.39. The smallest absolute Gasteiger partial charge is 0.142 e. The van der Waals surface area contributed by atoms with Crippen LogP contribution in [0.15, 0.2) is 18.2 Å². The molecule has 2 nitrogen and oxygen atoms in total. The van der Waals surface area contributed by atoms with Crippen molar-refractivity contribution in [3.8, 4) is 0 Å². The third kappa shape index (κ3) is 4.16. The van der Waals surface area contributed by atoms with E-state index in [-0.39, 0.29) is 10.8 Å². The molecule has 1 atom stereocenters. The largest absolute Gasteiger partial charge is 0.313 e. The summed E-state index contributed by atoms with van der Waals surface area (Å²) in [5.41, 5.74) is 0.998. The predicted octanol–water partition coefficient (Wildman–Crippen LogP) is 3.44. The van der Waals surface area contributed by atoms with Crippen molar-refractivity contribution in [3.05, 3.63) is 34.6 Å². The quantitative estimate of drug-likeness (QED) is 0.891. The van der Waals surface area contributed by atoms with Crippen molar-refractivity contribution in [2.75, 3.05) is 13.1 Å². The average molecular weight is 285 g/mol. The molecule has 0 radical (unpaired) electrons. The third-order valence-corrected chi connectivity index (χ3v) is 3.94. The Bertz CT molecular complexity index is 423. The Morgan fingerprint density at radius 3 is 2.95 bits per heavy atom. The zero-order valence-corrected chi connectivity index (χ0v) is 12.4. The van der Waals surface area contributed by atoms with Crippen LogP contribution in [0.1, 0.15) is 32.3 Å². The molecule has 0 spiro atoms. The van der Waals surface area contributed by atoms with Gasteiger partial charge in [0, 0.05) is 25.2 Å². The van der Waals surface area contributed by atoms with Crippen molar-refractivity contribution in [3.63, 3.8) is 0 Å². The first-order valence-corrected chi connectivity index (χ1v) is 7.35. The van der Waals surface area contributed by atoms with Crippen LogP contribution in [0.25, 0.3) is 0 Å². The highest BCUT2D eigenvalue weighted by atomic mass is 35.5. The number of halogens is 2. The lowest BCUT2D eigenvalue weighted by atomic mass is 10.1. The van der Waals surface area contributed by atoms with E-state index in [1.54, 1.807) is 12.1 Å². The molecule has 0 bridgehead atoms. The summed E-state index contributed by atoms with van der Waals surface area (Å²) in [5.74, 6) is -0.324. The molecular formula is C15H22ClFN2.